The summed E-state index contributed by atoms with van der Waals surface area (Å²) in [5.41, 5.74) is 0.978. The van der Waals surface area contributed by atoms with Gasteiger partial charge in [-0.15, -0.1) is 0 Å². The second-order valence-corrected chi connectivity index (χ2v) is 7.76. The molecule has 2 aliphatic rings. The number of anilines is 1. The van der Waals surface area contributed by atoms with Gasteiger partial charge in [0.05, 0.1) is 0 Å². The van der Waals surface area contributed by atoms with Crippen molar-refractivity contribution in [3.8, 4) is 11.4 Å². The van der Waals surface area contributed by atoms with Crippen molar-refractivity contribution in [2.24, 2.45) is 0 Å². The molecule has 7 heteroatoms. The molecule has 5 nitrogen and oxygen atoms in total. The predicted octanol–water partition coefficient (Wildman–Crippen LogP) is 3.82. The van der Waals surface area contributed by atoms with Crippen LogP contribution in [-0.4, -0.2) is 34.6 Å². The monoisotopic (exact) mass is 388 g/mol. The van der Waals surface area contributed by atoms with Gasteiger partial charge in [0.1, 0.15) is 5.82 Å². The molecule has 1 aromatic carbocycles. The molecule has 1 amide bonds. The Morgan fingerprint density at radius 1 is 1.33 bits per heavy atom. The lowest BCUT2D eigenvalue weighted by molar-refractivity contribution is -0.127. The van der Waals surface area contributed by atoms with Crippen molar-refractivity contribution >= 4 is 23.3 Å². The van der Waals surface area contributed by atoms with Gasteiger partial charge in [-0.25, -0.2) is 14.4 Å². The zero-order chi connectivity index (χ0) is 19.0. The molecule has 2 fully saturated rings. The molecule has 2 heterocycles. The highest BCUT2D eigenvalue weighted by molar-refractivity contribution is 6.31. The molecular formula is C20H22ClFN4O. The Kier molecular flexibility index (Phi) is 4.76. The Labute approximate surface area is 163 Å². The van der Waals surface area contributed by atoms with Crippen LogP contribution in [-0.2, 0) is 11.3 Å². The Bertz CT molecular complexity index is 878. The minimum absolute atomic E-state index is 0.227. The second-order valence-electron chi connectivity index (χ2n) is 7.35. The molecule has 27 heavy (non-hydrogen) atoms. The Hall–Kier alpha value is -2.21. The summed E-state index contributed by atoms with van der Waals surface area (Å²) in [6.45, 7) is 4.01. The number of hydrogen-bond acceptors (Lipinski definition) is 4. The van der Waals surface area contributed by atoms with E-state index in [0.29, 0.717) is 23.7 Å². The number of hydrogen-bond donors (Lipinski definition) is 1. The van der Waals surface area contributed by atoms with Crippen LogP contribution >= 0.6 is 11.6 Å². The molecular weight excluding hydrogens is 367 g/mol. The average molecular weight is 389 g/mol. The second kappa shape index (κ2) is 7.08. The lowest BCUT2D eigenvalue weighted by atomic mass is 10.1. The maximum atomic E-state index is 13.9. The third-order valence-corrected chi connectivity index (χ3v) is 5.62. The van der Waals surface area contributed by atoms with E-state index >= 15 is 0 Å². The normalized spacial score (nSPS) is 17.8. The zero-order valence-corrected chi connectivity index (χ0v) is 16.0. The molecule has 1 N–H and O–H groups in total. The summed E-state index contributed by atoms with van der Waals surface area (Å²) >= 11 is 6.25. The van der Waals surface area contributed by atoms with Gasteiger partial charge in [-0.2, -0.15) is 0 Å². The van der Waals surface area contributed by atoms with E-state index in [9.17, 15) is 9.18 Å². The van der Waals surface area contributed by atoms with Crippen molar-refractivity contribution in [3.63, 3.8) is 0 Å². The van der Waals surface area contributed by atoms with E-state index in [-0.39, 0.29) is 6.54 Å². The van der Waals surface area contributed by atoms with Crippen molar-refractivity contribution in [2.75, 3.05) is 18.0 Å². The predicted molar refractivity (Wildman–Crippen MR) is 104 cm³/mol. The molecule has 1 aliphatic carbocycles. The Balaban J connectivity index is 1.62. The van der Waals surface area contributed by atoms with E-state index in [1.54, 1.807) is 6.20 Å². The third kappa shape index (κ3) is 3.76. The van der Waals surface area contributed by atoms with Crippen LogP contribution in [0.3, 0.4) is 0 Å². The number of carbonyl (C=O) groups is 1. The topological polar surface area (TPSA) is 58.1 Å². The standard InChI is InChI=1S/C20H22ClFN4O/c1-13-4-5-14(10-16(13)21)17-23-11-15(12-24-19(27)20(22)6-7-20)18(25-17)26-8-2-3-9-26/h4-5,10-11H,2-3,6-9,12H2,1H3,(H,24,27). The molecule has 0 radical (unpaired) electrons. The van der Waals surface area contributed by atoms with Crippen LogP contribution < -0.4 is 10.2 Å². The minimum Gasteiger partial charge on any atom is -0.356 e. The Morgan fingerprint density at radius 3 is 2.74 bits per heavy atom. The van der Waals surface area contributed by atoms with Crippen molar-refractivity contribution in [3.05, 3.63) is 40.5 Å². The van der Waals surface area contributed by atoms with Gasteiger partial charge in [0.15, 0.2) is 11.5 Å². The number of rotatable bonds is 5. The van der Waals surface area contributed by atoms with Crippen molar-refractivity contribution in [1.29, 1.82) is 0 Å². The largest absolute Gasteiger partial charge is 0.356 e. The fourth-order valence-corrected chi connectivity index (χ4v) is 3.45. The van der Waals surface area contributed by atoms with Gasteiger partial charge in [-0.1, -0.05) is 23.7 Å². The summed E-state index contributed by atoms with van der Waals surface area (Å²) in [4.78, 5) is 23.4. The summed E-state index contributed by atoms with van der Waals surface area (Å²) in [6, 6.07) is 5.76. The minimum atomic E-state index is -1.67. The molecule has 1 aromatic heterocycles. The molecule has 0 spiro atoms. The molecule has 0 bridgehead atoms. The van der Waals surface area contributed by atoms with E-state index < -0.39 is 11.6 Å². The maximum absolute atomic E-state index is 13.9. The molecule has 2 aromatic rings. The van der Waals surface area contributed by atoms with Crippen LogP contribution in [0.15, 0.2) is 24.4 Å². The first-order valence-electron chi connectivity index (χ1n) is 9.31. The number of amides is 1. The number of halogens is 2. The highest BCUT2D eigenvalue weighted by Crippen LogP contribution is 2.40. The molecule has 0 atom stereocenters. The average Bonchev–Trinajstić information content (AvgIpc) is 3.20. The van der Waals surface area contributed by atoms with Gasteiger partial charge >= 0.3 is 0 Å². The molecule has 1 aliphatic heterocycles. The highest BCUT2D eigenvalue weighted by Gasteiger charge is 2.50. The van der Waals surface area contributed by atoms with E-state index in [1.807, 2.05) is 25.1 Å². The molecule has 0 unspecified atom stereocenters. The first-order chi connectivity index (χ1) is 13.0. The van der Waals surface area contributed by atoms with Crippen LogP contribution in [0.1, 0.15) is 36.8 Å². The number of alkyl halides is 1. The quantitative estimate of drug-likeness (QED) is 0.845. The summed E-state index contributed by atoms with van der Waals surface area (Å²) < 4.78 is 13.9. The smallest absolute Gasteiger partial charge is 0.257 e. The third-order valence-electron chi connectivity index (χ3n) is 5.21. The number of aryl methyl sites for hydroxylation is 1. The molecule has 1 saturated heterocycles. The highest BCUT2D eigenvalue weighted by atomic mass is 35.5. The van der Waals surface area contributed by atoms with Crippen LogP contribution in [0.5, 0.6) is 0 Å². The molecule has 4 rings (SSSR count). The first kappa shape index (κ1) is 18.2. The number of nitrogens with one attached hydrogen (secondary N) is 1. The molecule has 1 saturated carbocycles. The van der Waals surface area contributed by atoms with Gasteiger partial charge in [0, 0.05) is 42.0 Å². The summed E-state index contributed by atoms with van der Waals surface area (Å²) in [5, 5.41) is 3.37. The lowest BCUT2D eigenvalue weighted by Gasteiger charge is -2.21. The van der Waals surface area contributed by atoms with Gasteiger partial charge in [0.25, 0.3) is 5.91 Å². The van der Waals surface area contributed by atoms with Crippen molar-refractivity contribution < 1.29 is 9.18 Å². The number of aromatic nitrogens is 2. The summed E-state index contributed by atoms with van der Waals surface area (Å²) in [6.07, 6.45) is 4.55. The van der Waals surface area contributed by atoms with Crippen LogP contribution in [0.25, 0.3) is 11.4 Å². The fourth-order valence-electron chi connectivity index (χ4n) is 3.27. The number of nitrogens with zero attached hydrogens (tertiary/aromatic N) is 3. The van der Waals surface area contributed by atoms with E-state index in [4.69, 9.17) is 16.6 Å². The van der Waals surface area contributed by atoms with Gasteiger partial charge in [-0.05, 0) is 44.2 Å². The SMILES string of the molecule is Cc1ccc(-c2ncc(CNC(=O)C3(F)CC3)c(N3CCCC3)n2)cc1Cl. The van der Waals surface area contributed by atoms with E-state index in [1.165, 1.54) is 0 Å². The van der Waals surface area contributed by atoms with Crippen LogP contribution in [0.4, 0.5) is 10.2 Å². The van der Waals surface area contributed by atoms with E-state index in [2.05, 4.69) is 15.2 Å². The summed E-state index contributed by atoms with van der Waals surface area (Å²) in [7, 11) is 0. The number of carbonyl (C=O) groups excluding carboxylic acids is 1. The number of benzene rings is 1. The maximum Gasteiger partial charge on any atom is 0.257 e. The van der Waals surface area contributed by atoms with Gasteiger partial charge < -0.3 is 10.2 Å². The van der Waals surface area contributed by atoms with Crippen molar-refractivity contribution in [1.82, 2.24) is 15.3 Å². The lowest BCUT2D eigenvalue weighted by Crippen LogP contribution is -2.33. The Morgan fingerprint density at radius 2 is 2.07 bits per heavy atom. The van der Waals surface area contributed by atoms with Crippen molar-refractivity contribution in [2.45, 2.75) is 44.8 Å². The summed E-state index contributed by atoms with van der Waals surface area (Å²) in [5.74, 6) is 0.862. The van der Waals surface area contributed by atoms with Gasteiger partial charge in [0.2, 0.25) is 0 Å². The first-order valence-corrected chi connectivity index (χ1v) is 9.69. The van der Waals surface area contributed by atoms with Crippen LogP contribution in [0.2, 0.25) is 5.02 Å². The van der Waals surface area contributed by atoms with Crippen LogP contribution in [0, 0.1) is 6.92 Å². The van der Waals surface area contributed by atoms with Gasteiger partial charge in [-0.3, -0.25) is 4.79 Å². The zero-order valence-electron chi connectivity index (χ0n) is 15.3. The molecule has 142 valence electrons. The van der Waals surface area contributed by atoms with E-state index in [0.717, 1.165) is 48.4 Å². The fraction of sp³-hybridized carbons (Fsp3) is 0.450.